The lowest BCUT2D eigenvalue weighted by Crippen LogP contribution is -2.35. The summed E-state index contributed by atoms with van der Waals surface area (Å²) < 4.78 is 34.2. The zero-order chi connectivity index (χ0) is 18.7. The number of rotatable bonds is 5. The number of aryl methyl sites for hydroxylation is 1. The summed E-state index contributed by atoms with van der Waals surface area (Å²) in [6.45, 7) is 0.996. The van der Waals surface area contributed by atoms with Crippen molar-refractivity contribution in [2.75, 3.05) is 25.5 Å². The molecule has 1 aromatic carbocycles. The fourth-order valence-corrected chi connectivity index (χ4v) is 4.64. The quantitative estimate of drug-likeness (QED) is 0.857. The lowest BCUT2D eigenvalue weighted by molar-refractivity contribution is 0.102. The van der Waals surface area contributed by atoms with Crippen LogP contribution >= 0.6 is 0 Å². The maximum absolute atomic E-state index is 13.0. The van der Waals surface area contributed by atoms with E-state index in [0.717, 1.165) is 19.3 Å². The van der Waals surface area contributed by atoms with E-state index in [1.165, 1.54) is 28.4 Å². The summed E-state index contributed by atoms with van der Waals surface area (Å²) in [5.74, 6) is -0.0977. The van der Waals surface area contributed by atoms with Gasteiger partial charge in [-0.05, 0) is 31.0 Å². The van der Waals surface area contributed by atoms with Crippen LogP contribution in [-0.2, 0) is 17.1 Å². The fourth-order valence-electron chi connectivity index (χ4n) is 2.94. The van der Waals surface area contributed by atoms with Crippen LogP contribution in [0.5, 0.6) is 5.75 Å². The highest BCUT2D eigenvalue weighted by Crippen LogP contribution is 2.31. The van der Waals surface area contributed by atoms with Crippen LogP contribution in [-0.4, -0.2) is 48.6 Å². The number of amides is 1. The molecule has 1 amide bonds. The SMILES string of the molecule is COc1ccc(NC(=O)c2cnn(C)c2)cc1S(=O)(=O)N1CCCCC1. The van der Waals surface area contributed by atoms with Crippen LogP contribution in [0.15, 0.2) is 35.5 Å². The first-order valence-electron chi connectivity index (χ1n) is 8.40. The van der Waals surface area contributed by atoms with Gasteiger partial charge in [-0.15, -0.1) is 0 Å². The van der Waals surface area contributed by atoms with Crippen molar-refractivity contribution in [2.24, 2.45) is 7.05 Å². The van der Waals surface area contributed by atoms with Gasteiger partial charge in [0, 0.05) is 32.0 Å². The van der Waals surface area contributed by atoms with E-state index in [1.54, 1.807) is 25.4 Å². The predicted octanol–water partition coefficient (Wildman–Crippen LogP) is 1.86. The lowest BCUT2D eigenvalue weighted by atomic mass is 10.2. The normalized spacial score (nSPS) is 15.6. The summed E-state index contributed by atoms with van der Waals surface area (Å²) in [6.07, 6.45) is 5.76. The first-order valence-corrected chi connectivity index (χ1v) is 9.84. The molecule has 0 saturated carbocycles. The Morgan fingerprint density at radius 2 is 1.96 bits per heavy atom. The van der Waals surface area contributed by atoms with Crippen LogP contribution in [0.2, 0.25) is 0 Å². The molecule has 26 heavy (non-hydrogen) atoms. The number of piperidine rings is 1. The Labute approximate surface area is 152 Å². The molecule has 0 aliphatic carbocycles. The van der Waals surface area contributed by atoms with Gasteiger partial charge in [-0.25, -0.2) is 8.42 Å². The maximum Gasteiger partial charge on any atom is 0.258 e. The molecule has 1 aliphatic rings. The summed E-state index contributed by atoms with van der Waals surface area (Å²) >= 11 is 0. The highest BCUT2D eigenvalue weighted by atomic mass is 32.2. The Balaban J connectivity index is 1.90. The third kappa shape index (κ3) is 3.73. The summed E-state index contributed by atoms with van der Waals surface area (Å²) in [5.41, 5.74) is 0.777. The highest BCUT2D eigenvalue weighted by Gasteiger charge is 2.29. The van der Waals surface area contributed by atoms with Crippen LogP contribution in [0.4, 0.5) is 5.69 Å². The molecule has 0 atom stereocenters. The molecule has 0 spiro atoms. The second-order valence-electron chi connectivity index (χ2n) is 6.19. The Morgan fingerprint density at radius 1 is 1.23 bits per heavy atom. The fraction of sp³-hybridized carbons (Fsp3) is 0.412. The van der Waals surface area contributed by atoms with Crippen molar-refractivity contribution >= 4 is 21.6 Å². The minimum absolute atomic E-state index is 0.0610. The van der Waals surface area contributed by atoms with Gasteiger partial charge in [0.25, 0.3) is 5.91 Å². The first kappa shape index (κ1) is 18.4. The zero-order valence-electron chi connectivity index (χ0n) is 14.8. The number of sulfonamides is 1. The minimum atomic E-state index is -3.68. The van der Waals surface area contributed by atoms with Gasteiger partial charge in [0.05, 0.1) is 18.9 Å². The molecule has 1 saturated heterocycles. The van der Waals surface area contributed by atoms with Gasteiger partial charge >= 0.3 is 0 Å². The van der Waals surface area contributed by atoms with E-state index in [9.17, 15) is 13.2 Å². The Kier molecular flexibility index (Phi) is 5.28. The number of ether oxygens (including phenoxy) is 1. The number of methoxy groups -OCH3 is 1. The number of benzene rings is 1. The standard InChI is InChI=1S/C17H22N4O4S/c1-20-12-13(11-18-20)17(22)19-14-6-7-15(25-2)16(10-14)26(23,24)21-8-4-3-5-9-21/h6-7,10-12H,3-5,8-9H2,1-2H3,(H,19,22). The number of aromatic nitrogens is 2. The van der Waals surface area contributed by atoms with E-state index in [-0.39, 0.29) is 16.6 Å². The summed E-state index contributed by atoms with van der Waals surface area (Å²) in [5, 5.41) is 6.67. The highest BCUT2D eigenvalue weighted by molar-refractivity contribution is 7.89. The van der Waals surface area contributed by atoms with Crippen LogP contribution < -0.4 is 10.1 Å². The van der Waals surface area contributed by atoms with Gasteiger partial charge in [0.2, 0.25) is 10.0 Å². The van der Waals surface area contributed by atoms with Gasteiger partial charge in [-0.1, -0.05) is 6.42 Å². The molecule has 1 aromatic heterocycles. The number of hydrogen-bond acceptors (Lipinski definition) is 5. The summed E-state index contributed by atoms with van der Waals surface area (Å²) in [4.78, 5) is 12.3. The van der Waals surface area contributed by atoms with Crippen molar-refractivity contribution in [1.29, 1.82) is 0 Å². The van der Waals surface area contributed by atoms with Crippen LogP contribution in [0, 0.1) is 0 Å². The summed E-state index contributed by atoms with van der Waals surface area (Å²) in [7, 11) is -0.538. The molecule has 0 unspecified atom stereocenters. The van der Waals surface area contributed by atoms with Crippen molar-refractivity contribution in [3.05, 3.63) is 36.2 Å². The summed E-state index contributed by atoms with van der Waals surface area (Å²) in [6, 6.07) is 4.61. The van der Waals surface area contributed by atoms with Crippen molar-refractivity contribution < 1.29 is 17.9 Å². The Bertz CT molecular complexity index is 901. The number of nitrogens with zero attached hydrogens (tertiary/aromatic N) is 3. The van der Waals surface area contributed by atoms with Crippen molar-refractivity contribution in [3.63, 3.8) is 0 Å². The van der Waals surface area contributed by atoms with Gasteiger partial charge in [0.15, 0.2) is 0 Å². The van der Waals surface area contributed by atoms with Gasteiger partial charge < -0.3 is 10.1 Å². The Morgan fingerprint density at radius 3 is 2.58 bits per heavy atom. The molecule has 0 bridgehead atoms. The monoisotopic (exact) mass is 378 g/mol. The molecule has 2 aromatic rings. The Hall–Kier alpha value is -2.39. The molecule has 2 heterocycles. The molecule has 1 N–H and O–H groups in total. The van der Waals surface area contributed by atoms with Crippen molar-refractivity contribution in [1.82, 2.24) is 14.1 Å². The number of carbonyl (C=O) groups excluding carboxylic acids is 1. The average Bonchev–Trinajstić information content (AvgIpc) is 3.09. The van der Waals surface area contributed by atoms with Gasteiger partial charge in [0.1, 0.15) is 10.6 Å². The van der Waals surface area contributed by atoms with Crippen LogP contribution in [0.25, 0.3) is 0 Å². The smallest absolute Gasteiger partial charge is 0.258 e. The van der Waals surface area contributed by atoms with Crippen molar-refractivity contribution in [3.8, 4) is 5.75 Å². The predicted molar refractivity (Wildman–Crippen MR) is 96.8 cm³/mol. The molecule has 0 radical (unpaired) electrons. The molecule has 1 aliphatic heterocycles. The van der Waals surface area contributed by atoms with E-state index in [2.05, 4.69) is 10.4 Å². The van der Waals surface area contributed by atoms with E-state index >= 15 is 0 Å². The van der Waals surface area contributed by atoms with Gasteiger partial charge in [-0.2, -0.15) is 9.40 Å². The largest absolute Gasteiger partial charge is 0.495 e. The van der Waals surface area contributed by atoms with Crippen LogP contribution in [0.1, 0.15) is 29.6 Å². The van der Waals surface area contributed by atoms with E-state index < -0.39 is 10.0 Å². The number of anilines is 1. The second kappa shape index (κ2) is 7.46. The molecule has 1 fully saturated rings. The lowest BCUT2D eigenvalue weighted by Gasteiger charge is -2.26. The zero-order valence-corrected chi connectivity index (χ0v) is 15.6. The van der Waals surface area contributed by atoms with Gasteiger partial charge in [-0.3, -0.25) is 9.48 Å². The maximum atomic E-state index is 13.0. The second-order valence-corrected chi connectivity index (χ2v) is 8.09. The number of nitrogens with one attached hydrogen (secondary N) is 1. The molecule has 8 nitrogen and oxygen atoms in total. The molecular formula is C17H22N4O4S. The topological polar surface area (TPSA) is 93.5 Å². The minimum Gasteiger partial charge on any atom is -0.495 e. The number of hydrogen-bond donors (Lipinski definition) is 1. The molecule has 140 valence electrons. The molecule has 9 heteroatoms. The first-order chi connectivity index (χ1) is 12.4. The van der Waals surface area contributed by atoms with Crippen LogP contribution in [0.3, 0.4) is 0 Å². The van der Waals surface area contributed by atoms with Crippen molar-refractivity contribution in [2.45, 2.75) is 24.2 Å². The van der Waals surface area contributed by atoms with E-state index in [0.29, 0.717) is 24.3 Å². The van der Waals surface area contributed by atoms with E-state index in [1.807, 2.05) is 0 Å². The average molecular weight is 378 g/mol. The number of carbonyl (C=O) groups is 1. The van der Waals surface area contributed by atoms with E-state index in [4.69, 9.17) is 4.74 Å². The third-order valence-corrected chi connectivity index (χ3v) is 6.24. The molecule has 3 rings (SSSR count). The third-order valence-electron chi connectivity index (χ3n) is 4.32. The molecular weight excluding hydrogens is 356 g/mol.